The van der Waals surface area contributed by atoms with Crippen LogP contribution in [0.2, 0.25) is 0 Å². The number of rotatable bonds is 8. The first-order chi connectivity index (χ1) is 9.80. The molecule has 1 rings (SSSR count). The van der Waals surface area contributed by atoms with Gasteiger partial charge in [-0.25, -0.2) is 23.2 Å². The number of carbonyl (C=O) groups is 1. The van der Waals surface area contributed by atoms with Crippen LogP contribution in [-0.4, -0.2) is 46.7 Å². The lowest BCUT2D eigenvalue weighted by Crippen LogP contribution is -2.11. The molecule has 0 atom stereocenters. The quantitative estimate of drug-likeness (QED) is 0.441. The van der Waals surface area contributed by atoms with E-state index >= 15 is 0 Å². The number of carboxylic acids is 1. The predicted molar refractivity (Wildman–Crippen MR) is 82.8 cm³/mol. The molecule has 0 bridgehead atoms. The summed E-state index contributed by atoms with van der Waals surface area (Å²) in [6.07, 6.45) is 1.10. The summed E-state index contributed by atoms with van der Waals surface area (Å²) in [5.74, 6) is 0.299. The number of nitrogens with zero attached hydrogens (tertiary/aromatic N) is 2. The molecule has 0 amide bonds. The molecule has 0 saturated carbocycles. The van der Waals surface area contributed by atoms with Gasteiger partial charge in [0.1, 0.15) is 26.3 Å². The van der Waals surface area contributed by atoms with Gasteiger partial charge in [0.15, 0.2) is 0 Å². The average Bonchev–Trinajstić information content (AvgIpc) is 2.42. The molecule has 1 N–H and O–H groups in total. The molecule has 21 heavy (non-hydrogen) atoms. The van der Waals surface area contributed by atoms with E-state index in [0.717, 1.165) is 0 Å². The third-order valence-electron chi connectivity index (χ3n) is 2.91. The number of hydrogen-bond acceptors (Lipinski definition) is 6. The van der Waals surface area contributed by atoms with Crippen molar-refractivity contribution < 1.29 is 18.3 Å². The van der Waals surface area contributed by atoms with E-state index < -0.39 is 15.8 Å². The molecule has 0 fully saturated rings. The highest BCUT2D eigenvalue weighted by molar-refractivity contribution is 7.99. The molecule has 0 aromatic carbocycles. The molecule has 1 aromatic rings. The zero-order valence-electron chi connectivity index (χ0n) is 12.4. The van der Waals surface area contributed by atoms with Gasteiger partial charge in [0.25, 0.3) is 0 Å². The summed E-state index contributed by atoms with van der Waals surface area (Å²) in [5.41, 5.74) is 0.550. The molecule has 0 unspecified atom stereocenters. The van der Waals surface area contributed by atoms with Gasteiger partial charge >= 0.3 is 5.97 Å². The van der Waals surface area contributed by atoms with Crippen molar-refractivity contribution in [2.24, 2.45) is 0 Å². The number of carboxylic acid groups (broad SMARTS) is 1. The van der Waals surface area contributed by atoms with E-state index in [4.69, 9.17) is 0 Å². The van der Waals surface area contributed by atoms with Gasteiger partial charge in [0, 0.05) is 17.9 Å². The van der Waals surface area contributed by atoms with E-state index in [1.807, 2.05) is 6.92 Å². The van der Waals surface area contributed by atoms with Crippen LogP contribution in [0, 0.1) is 6.92 Å². The summed E-state index contributed by atoms with van der Waals surface area (Å²) >= 11 is 1.27. The zero-order valence-corrected chi connectivity index (χ0v) is 14.1. The Morgan fingerprint density at radius 2 is 1.95 bits per heavy atom. The van der Waals surface area contributed by atoms with Crippen molar-refractivity contribution >= 4 is 27.6 Å². The first kappa shape index (κ1) is 17.9. The van der Waals surface area contributed by atoms with Crippen molar-refractivity contribution in [3.8, 4) is 0 Å². The average molecular weight is 332 g/mol. The van der Waals surface area contributed by atoms with E-state index in [0.29, 0.717) is 35.1 Å². The standard InChI is InChI=1S/C13H20N2O4S2/c1-4-10-14-9(3)11(13(16)17)12(15-10)20-7-6-8-21(18,19)5-2/h4-8H2,1-3H3,(H,16,17). The number of sulfone groups is 1. The van der Waals surface area contributed by atoms with Crippen molar-refractivity contribution in [3.63, 3.8) is 0 Å². The lowest BCUT2D eigenvalue weighted by atomic mass is 10.2. The number of aryl methyl sites for hydroxylation is 2. The Kier molecular flexibility index (Phi) is 6.60. The summed E-state index contributed by atoms with van der Waals surface area (Å²) in [6, 6.07) is 0. The molecule has 0 spiro atoms. The Morgan fingerprint density at radius 3 is 2.48 bits per heavy atom. The monoisotopic (exact) mass is 332 g/mol. The molecule has 0 aliphatic carbocycles. The zero-order chi connectivity index (χ0) is 16.0. The molecule has 0 saturated heterocycles. The Labute approximate surface area is 129 Å². The molecule has 0 aliphatic rings. The molecule has 8 heteroatoms. The van der Waals surface area contributed by atoms with Gasteiger partial charge in [0.05, 0.1) is 11.4 Å². The molecule has 1 aromatic heterocycles. The van der Waals surface area contributed by atoms with Crippen LogP contribution >= 0.6 is 11.8 Å². The minimum absolute atomic E-state index is 0.107. The normalized spacial score (nSPS) is 11.6. The van der Waals surface area contributed by atoms with Crippen LogP contribution < -0.4 is 0 Å². The first-order valence-electron chi connectivity index (χ1n) is 6.74. The summed E-state index contributed by atoms with van der Waals surface area (Å²) < 4.78 is 22.8. The van der Waals surface area contributed by atoms with Gasteiger partial charge in [-0.05, 0) is 13.3 Å². The molecule has 0 radical (unpaired) electrons. The fraction of sp³-hybridized carbons (Fsp3) is 0.615. The second-order valence-corrected chi connectivity index (χ2v) is 8.06. The van der Waals surface area contributed by atoms with Crippen LogP contribution in [-0.2, 0) is 16.3 Å². The molecular formula is C13H20N2O4S2. The Morgan fingerprint density at radius 1 is 1.29 bits per heavy atom. The van der Waals surface area contributed by atoms with Crippen molar-refractivity contribution in [3.05, 3.63) is 17.1 Å². The van der Waals surface area contributed by atoms with Crippen LogP contribution in [0.3, 0.4) is 0 Å². The van der Waals surface area contributed by atoms with Crippen LogP contribution in [0.25, 0.3) is 0 Å². The van der Waals surface area contributed by atoms with Crippen molar-refractivity contribution in [2.45, 2.75) is 38.6 Å². The second-order valence-electron chi connectivity index (χ2n) is 4.50. The van der Waals surface area contributed by atoms with Crippen LogP contribution in [0.15, 0.2) is 5.03 Å². The van der Waals surface area contributed by atoms with E-state index in [1.54, 1.807) is 13.8 Å². The van der Waals surface area contributed by atoms with E-state index in [2.05, 4.69) is 9.97 Å². The van der Waals surface area contributed by atoms with Gasteiger partial charge in [-0.2, -0.15) is 0 Å². The highest BCUT2D eigenvalue weighted by Crippen LogP contribution is 2.24. The van der Waals surface area contributed by atoms with Crippen LogP contribution in [0.5, 0.6) is 0 Å². The van der Waals surface area contributed by atoms with Crippen molar-refractivity contribution in [1.82, 2.24) is 9.97 Å². The van der Waals surface area contributed by atoms with Crippen LogP contribution in [0.1, 0.15) is 42.1 Å². The SMILES string of the molecule is CCc1nc(C)c(C(=O)O)c(SCCCS(=O)(=O)CC)n1. The first-order valence-corrected chi connectivity index (χ1v) is 9.55. The molecule has 6 nitrogen and oxygen atoms in total. The molecule has 1 heterocycles. The van der Waals surface area contributed by atoms with E-state index in [1.165, 1.54) is 11.8 Å². The lowest BCUT2D eigenvalue weighted by Gasteiger charge is -2.09. The van der Waals surface area contributed by atoms with Crippen LogP contribution in [0.4, 0.5) is 0 Å². The van der Waals surface area contributed by atoms with E-state index in [9.17, 15) is 18.3 Å². The number of aromatic carboxylic acids is 1. The summed E-state index contributed by atoms with van der Waals surface area (Å²) in [6.45, 7) is 5.17. The van der Waals surface area contributed by atoms with Gasteiger partial charge in [-0.3, -0.25) is 0 Å². The van der Waals surface area contributed by atoms with Crippen molar-refractivity contribution in [1.29, 1.82) is 0 Å². The lowest BCUT2D eigenvalue weighted by molar-refractivity contribution is 0.0690. The van der Waals surface area contributed by atoms with Crippen molar-refractivity contribution in [2.75, 3.05) is 17.3 Å². The second kappa shape index (κ2) is 7.74. The van der Waals surface area contributed by atoms with Gasteiger partial charge in [-0.1, -0.05) is 13.8 Å². The van der Waals surface area contributed by atoms with Gasteiger partial charge in [0.2, 0.25) is 0 Å². The maximum atomic E-state index is 11.4. The Balaban J connectivity index is 2.82. The largest absolute Gasteiger partial charge is 0.478 e. The van der Waals surface area contributed by atoms with Gasteiger partial charge < -0.3 is 5.11 Å². The topological polar surface area (TPSA) is 97.2 Å². The number of aromatic nitrogens is 2. The van der Waals surface area contributed by atoms with Gasteiger partial charge in [-0.15, -0.1) is 11.8 Å². The Bertz CT molecular complexity index is 615. The fourth-order valence-electron chi connectivity index (χ4n) is 1.70. The number of hydrogen-bond donors (Lipinski definition) is 1. The third kappa shape index (κ3) is 5.28. The third-order valence-corrected chi connectivity index (χ3v) is 5.76. The maximum absolute atomic E-state index is 11.4. The Hall–Kier alpha value is -1.15. The minimum atomic E-state index is -2.98. The number of thioether (sulfide) groups is 1. The molecule has 0 aliphatic heterocycles. The molecule has 118 valence electrons. The summed E-state index contributed by atoms with van der Waals surface area (Å²) in [5, 5.41) is 9.66. The van der Waals surface area contributed by atoms with E-state index in [-0.39, 0.29) is 17.1 Å². The summed E-state index contributed by atoms with van der Waals surface area (Å²) in [4.78, 5) is 19.7. The molecular weight excluding hydrogens is 312 g/mol. The summed E-state index contributed by atoms with van der Waals surface area (Å²) in [7, 11) is -2.98. The fourth-order valence-corrected chi connectivity index (χ4v) is 3.79. The minimum Gasteiger partial charge on any atom is -0.478 e. The maximum Gasteiger partial charge on any atom is 0.340 e. The highest BCUT2D eigenvalue weighted by atomic mass is 32.2. The highest BCUT2D eigenvalue weighted by Gasteiger charge is 2.18. The predicted octanol–water partition coefficient (Wildman–Crippen LogP) is 1.96. The smallest absolute Gasteiger partial charge is 0.340 e.